The molecule has 22 heavy (non-hydrogen) atoms. The Morgan fingerprint density at radius 3 is 2.59 bits per heavy atom. The van der Waals surface area contributed by atoms with Gasteiger partial charge < -0.3 is 9.47 Å². The van der Waals surface area contributed by atoms with Gasteiger partial charge in [-0.2, -0.15) is 0 Å². The maximum absolute atomic E-state index is 12.1. The Labute approximate surface area is 135 Å². The Hall–Kier alpha value is -2.10. The lowest BCUT2D eigenvalue weighted by Gasteiger charge is -2.05. The van der Waals surface area contributed by atoms with E-state index in [1.54, 1.807) is 49.6 Å². The smallest absolute Gasteiger partial charge is 0.185 e. The Morgan fingerprint density at radius 1 is 1.14 bits per heavy atom. The van der Waals surface area contributed by atoms with Gasteiger partial charge in [0.05, 0.1) is 6.61 Å². The normalized spacial score (nSPS) is 10.8. The molecule has 2 aromatic carbocycles. The number of hydrogen-bond donors (Lipinski definition) is 0. The molecule has 0 aromatic heterocycles. The third-order valence-electron chi connectivity index (χ3n) is 2.97. The number of benzene rings is 2. The molecule has 0 spiro atoms. The lowest BCUT2D eigenvalue weighted by Crippen LogP contribution is -2.04. The summed E-state index contributed by atoms with van der Waals surface area (Å²) in [5.41, 5.74) is 1.50. The van der Waals surface area contributed by atoms with Crippen molar-refractivity contribution in [2.75, 3.05) is 20.3 Å². The summed E-state index contributed by atoms with van der Waals surface area (Å²) in [5, 5.41) is 0.646. The first-order chi connectivity index (χ1) is 10.7. The number of allylic oxidation sites excluding steroid dienone is 1. The molecule has 0 bridgehead atoms. The van der Waals surface area contributed by atoms with Gasteiger partial charge in [0.2, 0.25) is 0 Å². The zero-order valence-electron chi connectivity index (χ0n) is 12.3. The van der Waals surface area contributed by atoms with Crippen molar-refractivity contribution < 1.29 is 14.3 Å². The average molecular weight is 317 g/mol. The van der Waals surface area contributed by atoms with Crippen LogP contribution in [0.5, 0.6) is 5.75 Å². The van der Waals surface area contributed by atoms with Crippen LogP contribution in [0.25, 0.3) is 6.08 Å². The summed E-state index contributed by atoms with van der Waals surface area (Å²) < 4.78 is 10.4. The van der Waals surface area contributed by atoms with Gasteiger partial charge in [0, 0.05) is 17.7 Å². The highest BCUT2D eigenvalue weighted by molar-refractivity contribution is 6.30. The molecule has 0 saturated carbocycles. The molecular weight excluding hydrogens is 300 g/mol. The van der Waals surface area contributed by atoms with Crippen LogP contribution in [0.1, 0.15) is 15.9 Å². The second kappa shape index (κ2) is 8.37. The summed E-state index contributed by atoms with van der Waals surface area (Å²) in [6.45, 7) is 1.02. The van der Waals surface area contributed by atoms with Crippen molar-refractivity contribution in [2.45, 2.75) is 0 Å². The third kappa shape index (κ3) is 5.02. The topological polar surface area (TPSA) is 35.5 Å². The number of carbonyl (C=O) groups excluding carboxylic acids is 1. The van der Waals surface area contributed by atoms with Crippen LogP contribution in [-0.2, 0) is 4.74 Å². The van der Waals surface area contributed by atoms with Crippen molar-refractivity contribution in [3.05, 3.63) is 70.8 Å². The molecule has 2 aromatic rings. The Kier molecular flexibility index (Phi) is 6.19. The summed E-state index contributed by atoms with van der Waals surface area (Å²) in [7, 11) is 1.62. The molecule has 0 N–H and O–H groups in total. The van der Waals surface area contributed by atoms with Crippen LogP contribution in [0.2, 0.25) is 5.02 Å². The highest BCUT2D eigenvalue weighted by Gasteiger charge is 2.02. The lowest BCUT2D eigenvalue weighted by molar-refractivity contribution is 0.104. The predicted molar refractivity (Wildman–Crippen MR) is 88.6 cm³/mol. The van der Waals surface area contributed by atoms with Gasteiger partial charge in [-0.1, -0.05) is 29.8 Å². The second-order valence-electron chi connectivity index (χ2n) is 4.62. The number of methoxy groups -OCH3 is 1. The fraction of sp³-hybridized carbons (Fsp3) is 0.167. The molecule has 0 radical (unpaired) electrons. The zero-order chi connectivity index (χ0) is 15.8. The van der Waals surface area contributed by atoms with E-state index in [-0.39, 0.29) is 5.78 Å². The van der Waals surface area contributed by atoms with E-state index >= 15 is 0 Å². The van der Waals surface area contributed by atoms with E-state index in [0.29, 0.717) is 29.5 Å². The lowest BCUT2D eigenvalue weighted by atomic mass is 10.1. The van der Waals surface area contributed by atoms with Crippen LogP contribution in [0.3, 0.4) is 0 Å². The van der Waals surface area contributed by atoms with Gasteiger partial charge in [-0.25, -0.2) is 0 Å². The Morgan fingerprint density at radius 2 is 1.91 bits per heavy atom. The van der Waals surface area contributed by atoms with Gasteiger partial charge >= 0.3 is 0 Å². The third-order valence-corrected chi connectivity index (χ3v) is 3.21. The van der Waals surface area contributed by atoms with Crippen LogP contribution >= 0.6 is 11.6 Å². The molecule has 0 amide bonds. The van der Waals surface area contributed by atoms with Crippen molar-refractivity contribution in [2.24, 2.45) is 0 Å². The summed E-state index contributed by atoms with van der Waals surface area (Å²) >= 11 is 5.91. The van der Waals surface area contributed by atoms with Crippen LogP contribution < -0.4 is 4.74 Å². The van der Waals surface area contributed by atoms with Gasteiger partial charge in [-0.15, -0.1) is 0 Å². The van der Waals surface area contributed by atoms with Crippen LogP contribution in [-0.4, -0.2) is 26.1 Å². The van der Waals surface area contributed by atoms with E-state index in [4.69, 9.17) is 21.1 Å². The van der Waals surface area contributed by atoms with E-state index in [1.807, 2.05) is 12.1 Å². The van der Waals surface area contributed by atoms with Crippen LogP contribution in [0.15, 0.2) is 54.6 Å². The summed E-state index contributed by atoms with van der Waals surface area (Å²) in [4.78, 5) is 12.1. The Balaban J connectivity index is 1.97. The molecule has 2 rings (SSSR count). The molecule has 0 aliphatic carbocycles. The molecule has 0 unspecified atom stereocenters. The van der Waals surface area contributed by atoms with Crippen LogP contribution in [0.4, 0.5) is 0 Å². The molecule has 114 valence electrons. The zero-order valence-corrected chi connectivity index (χ0v) is 13.0. The first kappa shape index (κ1) is 16.3. The van der Waals surface area contributed by atoms with E-state index in [2.05, 4.69) is 0 Å². The van der Waals surface area contributed by atoms with Gasteiger partial charge in [0.1, 0.15) is 12.4 Å². The number of hydrogen-bond acceptors (Lipinski definition) is 3. The van der Waals surface area contributed by atoms with Gasteiger partial charge in [-0.05, 0) is 48.0 Å². The number of halogens is 1. The van der Waals surface area contributed by atoms with Gasteiger partial charge in [0.25, 0.3) is 0 Å². The van der Waals surface area contributed by atoms with Crippen molar-refractivity contribution in [3.63, 3.8) is 0 Å². The van der Waals surface area contributed by atoms with E-state index in [1.165, 1.54) is 6.08 Å². The fourth-order valence-corrected chi connectivity index (χ4v) is 2.04. The Bertz CT molecular complexity index is 648. The standard InChI is InChI=1S/C18H17ClO3/c1-21-11-12-22-17-8-6-15(7-9-17)18(20)10-5-14-3-2-4-16(19)13-14/h2-10,13H,11-12H2,1H3/b10-5+. The molecular formula is C18H17ClO3. The fourth-order valence-electron chi connectivity index (χ4n) is 1.84. The first-order valence-electron chi connectivity index (χ1n) is 6.89. The summed E-state index contributed by atoms with van der Waals surface area (Å²) in [5.74, 6) is 0.649. The minimum Gasteiger partial charge on any atom is -0.491 e. The summed E-state index contributed by atoms with van der Waals surface area (Å²) in [6.07, 6.45) is 3.28. The van der Waals surface area contributed by atoms with Crippen molar-refractivity contribution >= 4 is 23.5 Å². The average Bonchev–Trinajstić information content (AvgIpc) is 2.54. The van der Waals surface area contributed by atoms with E-state index < -0.39 is 0 Å². The highest BCUT2D eigenvalue weighted by Crippen LogP contribution is 2.15. The molecule has 4 heteroatoms. The monoisotopic (exact) mass is 316 g/mol. The predicted octanol–water partition coefficient (Wildman–Crippen LogP) is 4.26. The molecule has 0 atom stereocenters. The molecule has 0 aliphatic heterocycles. The number of carbonyl (C=O) groups is 1. The minimum absolute atomic E-state index is 0.0663. The number of ketones is 1. The van der Waals surface area contributed by atoms with Crippen molar-refractivity contribution in [1.82, 2.24) is 0 Å². The largest absolute Gasteiger partial charge is 0.491 e. The SMILES string of the molecule is COCCOc1ccc(C(=O)/C=C/c2cccc(Cl)c2)cc1. The molecule has 0 fully saturated rings. The second-order valence-corrected chi connectivity index (χ2v) is 5.05. The molecule has 3 nitrogen and oxygen atoms in total. The first-order valence-corrected chi connectivity index (χ1v) is 7.26. The van der Waals surface area contributed by atoms with Crippen molar-refractivity contribution in [1.29, 1.82) is 0 Å². The maximum atomic E-state index is 12.1. The summed E-state index contributed by atoms with van der Waals surface area (Å²) in [6, 6.07) is 14.4. The highest BCUT2D eigenvalue weighted by atomic mass is 35.5. The maximum Gasteiger partial charge on any atom is 0.185 e. The van der Waals surface area contributed by atoms with Crippen LogP contribution in [0, 0.1) is 0 Å². The quantitative estimate of drug-likeness (QED) is 0.435. The molecule has 0 saturated heterocycles. The van der Waals surface area contributed by atoms with Crippen molar-refractivity contribution in [3.8, 4) is 5.75 Å². The molecule has 0 heterocycles. The number of ether oxygens (including phenoxy) is 2. The van der Waals surface area contributed by atoms with E-state index in [9.17, 15) is 4.79 Å². The minimum atomic E-state index is -0.0663. The number of rotatable bonds is 7. The van der Waals surface area contributed by atoms with E-state index in [0.717, 1.165) is 5.56 Å². The van der Waals surface area contributed by atoms with Gasteiger partial charge in [-0.3, -0.25) is 4.79 Å². The van der Waals surface area contributed by atoms with Gasteiger partial charge in [0.15, 0.2) is 5.78 Å². The molecule has 0 aliphatic rings.